The fourth-order valence-corrected chi connectivity index (χ4v) is 4.32. The van der Waals surface area contributed by atoms with Gasteiger partial charge in [-0.25, -0.2) is 13.8 Å². The minimum Gasteiger partial charge on any atom is -0.340 e. The first-order valence-electron chi connectivity index (χ1n) is 11.6. The third-order valence-corrected chi connectivity index (χ3v) is 6.11. The van der Waals surface area contributed by atoms with Crippen LogP contribution in [0.1, 0.15) is 24.5 Å². The van der Waals surface area contributed by atoms with Crippen molar-refractivity contribution in [2.75, 3.05) is 16.8 Å². The van der Waals surface area contributed by atoms with Crippen molar-refractivity contribution in [1.29, 1.82) is 0 Å². The third kappa shape index (κ3) is 4.59. The molecule has 0 radical (unpaired) electrons. The Balaban J connectivity index is 1.54. The second-order valence-corrected chi connectivity index (χ2v) is 8.52. The van der Waals surface area contributed by atoms with Crippen LogP contribution in [-0.4, -0.2) is 27.0 Å². The Bertz CT molecular complexity index is 1500. The van der Waals surface area contributed by atoms with Crippen LogP contribution in [0.3, 0.4) is 0 Å². The van der Waals surface area contributed by atoms with Gasteiger partial charge in [-0.1, -0.05) is 6.92 Å². The van der Waals surface area contributed by atoms with E-state index in [0.717, 1.165) is 22.5 Å². The van der Waals surface area contributed by atoms with E-state index in [1.807, 2.05) is 6.07 Å². The van der Waals surface area contributed by atoms with Crippen LogP contribution in [0.15, 0.2) is 71.9 Å². The number of amides is 1. The number of benzene rings is 2. The van der Waals surface area contributed by atoms with Gasteiger partial charge < -0.3 is 10.2 Å². The van der Waals surface area contributed by atoms with Gasteiger partial charge in [0.05, 0.1) is 24.6 Å². The molecule has 1 aliphatic heterocycles. The highest BCUT2D eigenvalue weighted by molar-refractivity contribution is 5.90. The number of fused-ring (bicyclic) bond motifs is 1. The van der Waals surface area contributed by atoms with Gasteiger partial charge in [0, 0.05) is 30.4 Å². The summed E-state index contributed by atoms with van der Waals surface area (Å²) in [5.74, 6) is -0.635. The van der Waals surface area contributed by atoms with Gasteiger partial charge in [-0.15, -0.1) is 0 Å². The van der Waals surface area contributed by atoms with Gasteiger partial charge >= 0.3 is 0 Å². The highest BCUT2D eigenvalue weighted by Crippen LogP contribution is 2.35. The number of anilines is 3. The Morgan fingerprint density at radius 3 is 2.58 bits per heavy atom. The first-order chi connectivity index (χ1) is 17.4. The van der Waals surface area contributed by atoms with Gasteiger partial charge in [-0.05, 0) is 66.1 Å². The molecule has 0 unspecified atom stereocenters. The SMILES string of the molecule is CCC(=O)Nc1cnc(-c2ccc(F)cc2)n(Cc2cncc(N3CCc4cc(F)ccc43)c2)c1=O. The molecule has 1 aliphatic rings. The molecule has 182 valence electrons. The topological polar surface area (TPSA) is 80.1 Å². The average molecular weight is 488 g/mol. The molecular formula is C27H23F2N5O2. The Hall–Kier alpha value is -4.40. The Labute approximate surface area is 206 Å². The van der Waals surface area contributed by atoms with Crippen molar-refractivity contribution in [2.45, 2.75) is 26.3 Å². The number of pyridine rings is 1. The van der Waals surface area contributed by atoms with Crippen molar-refractivity contribution in [3.05, 3.63) is 100 Å². The van der Waals surface area contributed by atoms with Crippen molar-refractivity contribution in [2.24, 2.45) is 0 Å². The summed E-state index contributed by atoms with van der Waals surface area (Å²) in [4.78, 5) is 36.2. The minimum atomic E-state index is -0.432. The zero-order valence-corrected chi connectivity index (χ0v) is 19.5. The molecule has 0 fully saturated rings. The number of carbonyl (C=O) groups excluding carboxylic acids is 1. The molecule has 2 aromatic carbocycles. The Kier molecular flexibility index (Phi) is 6.28. The van der Waals surface area contributed by atoms with Crippen molar-refractivity contribution >= 4 is 23.0 Å². The van der Waals surface area contributed by atoms with E-state index < -0.39 is 11.4 Å². The first-order valence-corrected chi connectivity index (χ1v) is 11.6. The van der Waals surface area contributed by atoms with E-state index in [2.05, 4.69) is 20.2 Å². The maximum absolute atomic E-state index is 13.7. The van der Waals surface area contributed by atoms with Crippen LogP contribution in [0.5, 0.6) is 0 Å². The molecule has 4 aromatic rings. The molecule has 9 heteroatoms. The Morgan fingerprint density at radius 2 is 1.81 bits per heavy atom. The number of halogens is 2. The highest BCUT2D eigenvalue weighted by atomic mass is 19.1. The summed E-state index contributed by atoms with van der Waals surface area (Å²) in [6.45, 7) is 2.50. The lowest BCUT2D eigenvalue weighted by atomic mass is 10.1. The average Bonchev–Trinajstić information content (AvgIpc) is 3.30. The second kappa shape index (κ2) is 9.69. The van der Waals surface area contributed by atoms with Crippen LogP contribution < -0.4 is 15.8 Å². The lowest BCUT2D eigenvalue weighted by Gasteiger charge is -2.20. The summed E-state index contributed by atoms with van der Waals surface area (Å²) in [5, 5.41) is 2.60. The van der Waals surface area contributed by atoms with Crippen LogP contribution >= 0.6 is 0 Å². The van der Waals surface area contributed by atoms with E-state index in [1.54, 1.807) is 43.6 Å². The number of hydrogen-bond donors (Lipinski definition) is 1. The fraction of sp³-hybridized carbons (Fsp3) is 0.185. The van der Waals surface area contributed by atoms with E-state index in [9.17, 15) is 18.4 Å². The van der Waals surface area contributed by atoms with Crippen molar-refractivity contribution in [3.63, 3.8) is 0 Å². The number of aromatic nitrogens is 3. The van der Waals surface area contributed by atoms with E-state index >= 15 is 0 Å². The van der Waals surface area contributed by atoms with E-state index in [0.29, 0.717) is 24.4 Å². The summed E-state index contributed by atoms with van der Waals surface area (Å²) in [5.41, 5.74) is 3.59. The lowest BCUT2D eigenvalue weighted by Crippen LogP contribution is -2.28. The monoisotopic (exact) mass is 487 g/mol. The molecule has 0 bridgehead atoms. The number of carbonyl (C=O) groups is 1. The maximum Gasteiger partial charge on any atom is 0.277 e. The Morgan fingerprint density at radius 1 is 1.03 bits per heavy atom. The fourth-order valence-electron chi connectivity index (χ4n) is 4.32. The van der Waals surface area contributed by atoms with Gasteiger partial charge in [0.25, 0.3) is 5.56 Å². The van der Waals surface area contributed by atoms with Crippen molar-refractivity contribution in [1.82, 2.24) is 14.5 Å². The molecule has 7 nitrogen and oxygen atoms in total. The standard InChI is InChI=1S/C27H23F2N5O2/c1-2-25(35)32-23-15-31-26(18-3-5-20(28)6-4-18)34(27(23)36)16-17-11-22(14-30-13-17)33-10-9-19-12-21(29)7-8-24(19)33/h3-8,11-15H,2,9-10,16H2,1H3,(H,32,35). The van der Waals surface area contributed by atoms with Crippen LogP contribution in [0, 0.1) is 11.6 Å². The quantitative estimate of drug-likeness (QED) is 0.427. The predicted octanol–water partition coefficient (Wildman–Crippen LogP) is 4.67. The van der Waals surface area contributed by atoms with Crippen LogP contribution in [0.4, 0.5) is 25.8 Å². The molecule has 0 saturated carbocycles. The zero-order chi connectivity index (χ0) is 25.2. The molecule has 0 saturated heterocycles. The molecule has 1 N–H and O–H groups in total. The third-order valence-electron chi connectivity index (χ3n) is 6.11. The van der Waals surface area contributed by atoms with Gasteiger partial charge in [0.2, 0.25) is 5.91 Å². The lowest BCUT2D eigenvalue weighted by molar-refractivity contribution is -0.115. The van der Waals surface area contributed by atoms with Gasteiger partial charge in [-0.2, -0.15) is 0 Å². The predicted molar refractivity (Wildman–Crippen MR) is 133 cm³/mol. The number of nitrogens with one attached hydrogen (secondary N) is 1. The molecule has 5 rings (SSSR count). The van der Waals surface area contributed by atoms with Crippen molar-refractivity contribution < 1.29 is 13.6 Å². The van der Waals surface area contributed by atoms with Crippen LogP contribution in [0.2, 0.25) is 0 Å². The van der Waals surface area contributed by atoms with Crippen LogP contribution in [-0.2, 0) is 17.8 Å². The van der Waals surface area contributed by atoms with E-state index in [4.69, 9.17) is 0 Å². The smallest absolute Gasteiger partial charge is 0.277 e. The molecule has 2 aromatic heterocycles. The normalized spacial score (nSPS) is 12.5. The van der Waals surface area contributed by atoms with Gasteiger partial charge in [0.1, 0.15) is 23.1 Å². The number of rotatable bonds is 6. The van der Waals surface area contributed by atoms with Gasteiger partial charge in [-0.3, -0.25) is 19.1 Å². The second-order valence-electron chi connectivity index (χ2n) is 8.52. The molecule has 3 heterocycles. The summed E-state index contributed by atoms with van der Waals surface area (Å²) in [6.07, 6.45) is 5.63. The largest absolute Gasteiger partial charge is 0.340 e. The molecule has 1 amide bonds. The molecule has 0 aliphatic carbocycles. The summed E-state index contributed by atoms with van der Waals surface area (Å²) in [7, 11) is 0. The van der Waals surface area contributed by atoms with Crippen LogP contribution in [0.25, 0.3) is 11.4 Å². The van der Waals surface area contributed by atoms with E-state index in [1.165, 1.54) is 29.0 Å². The molecular weight excluding hydrogens is 464 g/mol. The van der Waals surface area contributed by atoms with Gasteiger partial charge in [0.15, 0.2) is 0 Å². The minimum absolute atomic E-state index is 0.0623. The summed E-state index contributed by atoms with van der Waals surface area (Å²) < 4.78 is 28.6. The molecule has 36 heavy (non-hydrogen) atoms. The molecule has 0 atom stereocenters. The maximum atomic E-state index is 13.7. The number of nitrogens with zero attached hydrogens (tertiary/aromatic N) is 4. The summed E-state index contributed by atoms with van der Waals surface area (Å²) >= 11 is 0. The first kappa shape index (κ1) is 23.3. The zero-order valence-electron chi connectivity index (χ0n) is 19.5. The van der Waals surface area contributed by atoms with Crippen molar-refractivity contribution in [3.8, 4) is 11.4 Å². The highest BCUT2D eigenvalue weighted by Gasteiger charge is 2.22. The number of hydrogen-bond acceptors (Lipinski definition) is 5. The van der Waals surface area contributed by atoms with E-state index in [-0.39, 0.29) is 30.4 Å². The molecule has 0 spiro atoms. The summed E-state index contributed by atoms with van der Waals surface area (Å²) in [6, 6.07) is 12.4.